The Morgan fingerprint density at radius 2 is 1.81 bits per heavy atom. The number of aldehydes is 1. The maximum atomic E-state index is 13.7. The van der Waals surface area contributed by atoms with Crippen molar-refractivity contribution in [2.75, 3.05) is 43.1 Å². The third-order valence-corrected chi connectivity index (χ3v) is 8.69. The molecule has 2 aromatic carbocycles. The molecule has 0 radical (unpaired) electrons. The highest BCUT2D eigenvalue weighted by Crippen LogP contribution is 2.34. The Hall–Kier alpha value is -5.49. The number of nitrogens with one attached hydrogen (secondary N) is 2. The van der Waals surface area contributed by atoms with Crippen LogP contribution in [0, 0.1) is 5.41 Å². The van der Waals surface area contributed by atoms with E-state index in [9.17, 15) is 19.2 Å². The molecule has 2 N–H and O–H groups in total. The summed E-state index contributed by atoms with van der Waals surface area (Å²) < 4.78 is 6.49. The van der Waals surface area contributed by atoms with Crippen molar-refractivity contribution in [2.45, 2.75) is 25.7 Å². The van der Waals surface area contributed by atoms with E-state index in [1.165, 1.54) is 24.1 Å². The van der Waals surface area contributed by atoms with Crippen molar-refractivity contribution >= 4 is 41.5 Å². The van der Waals surface area contributed by atoms with E-state index in [0.717, 1.165) is 11.1 Å². The van der Waals surface area contributed by atoms with Crippen LogP contribution in [0.25, 0.3) is 11.3 Å². The number of amides is 2. The highest BCUT2D eigenvalue weighted by Gasteiger charge is 2.30. The fraction of sp³-hybridized carbons (Fsp3) is 0.286. The average Bonchev–Trinajstić information content (AvgIpc) is 3.10. The van der Waals surface area contributed by atoms with Crippen LogP contribution in [-0.4, -0.2) is 76.8 Å². The number of rotatable bonds is 8. The minimum atomic E-state index is -0.452. The van der Waals surface area contributed by atoms with E-state index in [-0.39, 0.29) is 23.1 Å². The molecular formula is C35H35N7O5. The Morgan fingerprint density at radius 3 is 2.51 bits per heavy atom. The number of aromatic nitrogens is 3. The molecule has 2 aromatic heterocycles. The van der Waals surface area contributed by atoms with Crippen molar-refractivity contribution in [3.05, 3.63) is 99.0 Å². The molecule has 2 aliphatic rings. The largest absolute Gasteiger partial charge is 0.378 e. The van der Waals surface area contributed by atoms with Crippen LogP contribution in [0.3, 0.4) is 0 Å². The van der Waals surface area contributed by atoms with Gasteiger partial charge in [0.05, 0.1) is 30.2 Å². The molecule has 6 rings (SSSR count). The van der Waals surface area contributed by atoms with Gasteiger partial charge < -0.3 is 25.3 Å². The number of benzene rings is 2. The van der Waals surface area contributed by atoms with Crippen molar-refractivity contribution in [1.82, 2.24) is 19.7 Å². The van der Waals surface area contributed by atoms with Crippen LogP contribution in [0.15, 0.2) is 65.6 Å². The molecule has 1 fully saturated rings. The van der Waals surface area contributed by atoms with Crippen LogP contribution in [0.1, 0.15) is 56.0 Å². The van der Waals surface area contributed by atoms with E-state index < -0.39 is 11.0 Å². The second-order valence-electron chi connectivity index (χ2n) is 12.1. The Balaban J connectivity index is 1.29. The van der Waals surface area contributed by atoms with E-state index in [2.05, 4.69) is 15.4 Å². The number of aryl methyl sites for hydroxylation is 1. The molecule has 0 spiro atoms. The molecular weight excluding hydrogens is 598 g/mol. The molecule has 0 aliphatic carbocycles. The molecule has 0 atom stereocenters. The molecule has 0 saturated carbocycles. The minimum Gasteiger partial charge on any atom is -0.378 e. The fourth-order valence-electron chi connectivity index (χ4n) is 5.85. The predicted molar refractivity (Wildman–Crippen MR) is 178 cm³/mol. The summed E-state index contributed by atoms with van der Waals surface area (Å²) in [7, 11) is 1.51. The fourth-order valence-corrected chi connectivity index (χ4v) is 5.85. The summed E-state index contributed by atoms with van der Waals surface area (Å²) >= 11 is 0. The van der Waals surface area contributed by atoms with Gasteiger partial charge in [0, 0.05) is 61.2 Å². The molecule has 12 heteroatoms. The van der Waals surface area contributed by atoms with Crippen molar-refractivity contribution in [2.24, 2.45) is 7.05 Å². The van der Waals surface area contributed by atoms with E-state index in [4.69, 9.17) is 10.1 Å². The smallest absolute Gasteiger partial charge is 0.290 e. The quantitative estimate of drug-likeness (QED) is 0.218. The van der Waals surface area contributed by atoms with E-state index in [1.54, 1.807) is 52.3 Å². The third kappa shape index (κ3) is 6.07. The standard InChI is InChI=1S/C35H35N7O5/c1-35(2,21-36)24-8-9-25-22(17-24)11-12-42(33(25)45)30-6-4-5-26(27(30)20-43)28-18-29(34(46)40(3)39-28)38-31-10-7-23(19-37-31)32(44)41-13-15-47-16-14-41/h4-10,17-21,36H,11-16H2,1-3H3,(H,37,38). The SMILES string of the molecule is Cn1nc(-c2cccc(N3CCc4cc(C(C)(C)C=N)ccc4C3=O)c2C=O)cc(Nc2ccc(C(=O)N3CCOCC3)cn2)c1=O. The van der Waals surface area contributed by atoms with Crippen molar-refractivity contribution in [3.8, 4) is 11.3 Å². The van der Waals surface area contributed by atoms with Gasteiger partial charge in [-0.2, -0.15) is 5.10 Å². The number of morpholine rings is 1. The van der Waals surface area contributed by atoms with Crippen molar-refractivity contribution in [1.29, 1.82) is 5.41 Å². The zero-order chi connectivity index (χ0) is 33.3. The van der Waals surface area contributed by atoms with Crippen molar-refractivity contribution < 1.29 is 19.1 Å². The summed E-state index contributed by atoms with van der Waals surface area (Å²) in [5.74, 6) is -0.00195. The average molecular weight is 634 g/mol. The molecule has 1 saturated heterocycles. The lowest BCUT2D eigenvalue weighted by Crippen LogP contribution is -2.40. The van der Waals surface area contributed by atoms with Gasteiger partial charge in [0.25, 0.3) is 17.4 Å². The second kappa shape index (κ2) is 12.7. The zero-order valence-electron chi connectivity index (χ0n) is 26.4. The van der Waals surface area contributed by atoms with Gasteiger partial charge in [-0.15, -0.1) is 0 Å². The highest BCUT2D eigenvalue weighted by molar-refractivity contribution is 6.11. The summed E-state index contributed by atoms with van der Waals surface area (Å²) in [6.45, 7) is 6.31. The van der Waals surface area contributed by atoms with Gasteiger partial charge in [0.15, 0.2) is 6.29 Å². The summed E-state index contributed by atoms with van der Waals surface area (Å²) in [6, 6.07) is 15.7. The highest BCUT2D eigenvalue weighted by atomic mass is 16.5. The normalized spacial score (nSPS) is 14.8. The summed E-state index contributed by atoms with van der Waals surface area (Å²) in [5, 5.41) is 15.2. The lowest BCUT2D eigenvalue weighted by Gasteiger charge is -2.31. The van der Waals surface area contributed by atoms with E-state index in [0.29, 0.717) is 79.4 Å². The van der Waals surface area contributed by atoms with E-state index in [1.807, 2.05) is 26.0 Å². The maximum absolute atomic E-state index is 13.7. The van der Waals surface area contributed by atoms with Crippen LogP contribution in [0.5, 0.6) is 0 Å². The second-order valence-corrected chi connectivity index (χ2v) is 12.1. The van der Waals surface area contributed by atoms with Gasteiger partial charge >= 0.3 is 0 Å². The molecule has 2 aliphatic heterocycles. The lowest BCUT2D eigenvalue weighted by atomic mass is 9.83. The molecule has 4 heterocycles. The van der Waals surface area contributed by atoms with Crippen molar-refractivity contribution in [3.63, 3.8) is 0 Å². The summed E-state index contributed by atoms with van der Waals surface area (Å²) in [6.07, 6.45) is 4.14. The minimum absolute atomic E-state index is 0.136. The van der Waals surface area contributed by atoms with Gasteiger partial charge in [0.1, 0.15) is 11.5 Å². The number of pyridine rings is 1. The first-order valence-electron chi connectivity index (χ1n) is 15.3. The predicted octanol–water partition coefficient (Wildman–Crippen LogP) is 4.00. The van der Waals surface area contributed by atoms with Crippen LogP contribution in [0.4, 0.5) is 17.2 Å². The lowest BCUT2D eigenvalue weighted by molar-refractivity contribution is 0.0302. The zero-order valence-corrected chi connectivity index (χ0v) is 26.4. The Bertz CT molecular complexity index is 1950. The monoisotopic (exact) mass is 633 g/mol. The molecule has 12 nitrogen and oxygen atoms in total. The number of carbonyl (C=O) groups is 3. The number of fused-ring (bicyclic) bond motifs is 1. The maximum Gasteiger partial charge on any atom is 0.290 e. The first-order valence-corrected chi connectivity index (χ1v) is 15.3. The Morgan fingerprint density at radius 1 is 1.02 bits per heavy atom. The van der Waals surface area contributed by atoms with Crippen LogP contribution < -0.4 is 15.8 Å². The Labute approximate surface area is 271 Å². The molecule has 0 bridgehead atoms. The number of hydrogen-bond donors (Lipinski definition) is 2. The molecule has 240 valence electrons. The molecule has 47 heavy (non-hydrogen) atoms. The molecule has 2 amide bonds. The number of nitrogens with zero attached hydrogens (tertiary/aromatic N) is 5. The van der Waals surface area contributed by atoms with Gasteiger partial charge in [0.2, 0.25) is 0 Å². The number of hydrogen-bond acceptors (Lipinski definition) is 9. The summed E-state index contributed by atoms with van der Waals surface area (Å²) in [4.78, 5) is 59.9. The molecule has 0 unspecified atom stereocenters. The Kier molecular flexibility index (Phi) is 8.52. The van der Waals surface area contributed by atoms with Gasteiger partial charge in [-0.05, 0) is 47.9 Å². The van der Waals surface area contributed by atoms with Crippen LogP contribution in [0.2, 0.25) is 0 Å². The van der Waals surface area contributed by atoms with Gasteiger partial charge in [-0.25, -0.2) is 9.67 Å². The molecule has 4 aromatic rings. The number of carbonyl (C=O) groups excluding carboxylic acids is 3. The van der Waals surface area contributed by atoms with Gasteiger partial charge in [-0.3, -0.25) is 19.2 Å². The van der Waals surface area contributed by atoms with Crippen LogP contribution >= 0.6 is 0 Å². The number of anilines is 3. The van der Waals surface area contributed by atoms with E-state index >= 15 is 0 Å². The van der Waals surface area contributed by atoms with Crippen LogP contribution in [-0.2, 0) is 23.6 Å². The first kappa shape index (κ1) is 31.5. The first-order chi connectivity index (χ1) is 22.6. The topological polar surface area (TPSA) is 151 Å². The summed E-state index contributed by atoms with van der Waals surface area (Å²) in [5.41, 5.74) is 3.68. The van der Waals surface area contributed by atoms with Gasteiger partial charge in [-0.1, -0.05) is 38.1 Å². The number of ether oxygens (including phenoxy) is 1. The third-order valence-electron chi connectivity index (χ3n) is 8.69.